The van der Waals surface area contributed by atoms with E-state index in [4.69, 9.17) is 15.3 Å². The lowest BCUT2D eigenvalue weighted by Crippen LogP contribution is -1.80. The van der Waals surface area contributed by atoms with Crippen LogP contribution in [0.3, 0.4) is 0 Å². The average molecular weight is 214 g/mol. The SMILES string of the molecule is CC=CP(=O)(O)O.[N-]=[N+]=C1C=CC=C1. The molecule has 0 atom stereocenters. The first-order valence-corrected chi connectivity index (χ1v) is 5.43. The van der Waals surface area contributed by atoms with Crippen LogP contribution < -0.4 is 0 Å². The Labute approximate surface area is 81.9 Å². The zero-order chi connectivity index (χ0) is 11.0. The molecule has 14 heavy (non-hydrogen) atoms. The normalized spacial score (nSPS) is 14.1. The van der Waals surface area contributed by atoms with Crippen LogP contribution in [0.15, 0.2) is 36.2 Å². The highest BCUT2D eigenvalue weighted by Crippen LogP contribution is 2.35. The number of nitrogens with zero attached hydrogens (tertiary/aromatic N) is 2. The van der Waals surface area contributed by atoms with Gasteiger partial charge in [-0.3, -0.25) is 4.57 Å². The molecule has 0 amide bonds. The van der Waals surface area contributed by atoms with E-state index in [1.54, 1.807) is 19.1 Å². The lowest BCUT2D eigenvalue weighted by Gasteiger charge is -1.89. The zero-order valence-corrected chi connectivity index (χ0v) is 8.50. The predicted octanol–water partition coefficient (Wildman–Crippen LogP) is 1.48. The van der Waals surface area contributed by atoms with Crippen LogP contribution in [0.25, 0.3) is 5.53 Å². The summed E-state index contributed by atoms with van der Waals surface area (Å²) in [5.41, 5.74) is 8.66. The van der Waals surface area contributed by atoms with Crippen molar-refractivity contribution >= 4 is 13.3 Å². The summed E-state index contributed by atoms with van der Waals surface area (Å²) in [6.45, 7) is 1.55. The van der Waals surface area contributed by atoms with Crippen LogP contribution in [0.2, 0.25) is 0 Å². The largest absolute Gasteiger partial charge is 0.361 e. The van der Waals surface area contributed by atoms with E-state index in [1.165, 1.54) is 6.08 Å². The highest BCUT2D eigenvalue weighted by Gasteiger charge is 2.02. The van der Waals surface area contributed by atoms with Gasteiger partial charge in [0.05, 0.1) is 0 Å². The molecule has 0 bridgehead atoms. The molecule has 76 valence electrons. The van der Waals surface area contributed by atoms with Gasteiger partial charge < -0.3 is 15.3 Å². The maximum Gasteiger partial charge on any atom is 0.348 e. The standard InChI is InChI=1S/C5H4N2.C3H7O3P/c6-7-5-3-1-2-4-5;1-2-3-7(4,5)6/h1-4H;2-3H,1H3,(H2,4,5,6). The van der Waals surface area contributed by atoms with Crippen molar-refractivity contribution in [1.82, 2.24) is 0 Å². The van der Waals surface area contributed by atoms with Crippen molar-refractivity contribution in [3.8, 4) is 0 Å². The van der Waals surface area contributed by atoms with Gasteiger partial charge in [-0.05, 0) is 6.92 Å². The van der Waals surface area contributed by atoms with Gasteiger partial charge in [0.15, 0.2) is 0 Å². The molecule has 0 fully saturated rings. The van der Waals surface area contributed by atoms with Crippen molar-refractivity contribution in [1.29, 1.82) is 0 Å². The van der Waals surface area contributed by atoms with E-state index in [1.807, 2.05) is 12.2 Å². The van der Waals surface area contributed by atoms with Crippen LogP contribution in [0.4, 0.5) is 0 Å². The van der Waals surface area contributed by atoms with Crippen LogP contribution in [0.5, 0.6) is 0 Å². The summed E-state index contributed by atoms with van der Waals surface area (Å²) in [4.78, 5) is 19.0. The lowest BCUT2D eigenvalue weighted by atomic mass is 10.4. The van der Waals surface area contributed by atoms with Crippen molar-refractivity contribution in [2.75, 3.05) is 0 Å². The van der Waals surface area contributed by atoms with Crippen LogP contribution in [-0.4, -0.2) is 20.3 Å². The predicted molar refractivity (Wildman–Crippen MR) is 53.8 cm³/mol. The molecule has 5 nitrogen and oxygen atoms in total. The van der Waals surface area contributed by atoms with E-state index < -0.39 is 7.60 Å². The van der Waals surface area contributed by atoms with E-state index in [-0.39, 0.29) is 0 Å². The summed E-state index contributed by atoms with van der Waals surface area (Å²) in [6, 6.07) is 0. The molecule has 2 N–H and O–H groups in total. The zero-order valence-electron chi connectivity index (χ0n) is 7.61. The molecule has 6 heteroatoms. The van der Waals surface area contributed by atoms with Gasteiger partial charge in [-0.15, -0.1) is 0 Å². The van der Waals surface area contributed by atoms with Gasteiger partial charge in [0.1, 0.15) is 0 Å². The molecule has 0 aromatic heterocycles. The summed E-state index contributed by atoms with van der Waals surface area (Å²) in [7, 11) is -3.85. The molecule has 0 heterocycles. The number of hydrogen-bond donors (Lipinski definition) is 2. The summed E-state index contributed by atoms with van der Waals surface area (Å²) in [6.07, 6.45) is 8.39. The van der Waals surface area contributed by atoms with Crippen molar-refractivity contribution in [2.45, 2.75) is 6.92 Å². The fourth-order valence-corrected chi connectivity index (χ4v) is 1.01. The van der Waals surface area contributed by atoms with Gasteiger partial charge >= 0.3 is 13.3 Å². The Balaban J connectivity index is 0.000000241. The van der Waals surface area contributed by atoms with E-state index >= 15 is 0 Å². The molecule has 1 aliphatic rings. The summed E-state index contributed by atoms with van der Waals surface area (Å²) in [5.74, 6) is 0.854. The van der Waals surface area contributed by atoms with Crippen LogP contribution in [0.1, 0.15) is 6.92 Å². The molecule has 0 unspecified atom stereocenters. The topological polar surface area (TPSA) is 93.9 Å². The molecule has 0 aromatic rings. The van der Waals surface area contributed by atoms with E-state index in [0.717, 1.165) is 5.82 Å². The third kappa shape index (κ3) is 7.40. The summed E-state index contributed by atoms with van der Waals surface area (Å²) in [5, 5.41) is 0. The van der Waals surface area contributed by atoms with Gasteiger partial charge in [-0.1, -0.05) is 18.2 Å². The second-order valence-corrected chi connectivity index (χ2v) is 3.79. The van der Waals surface area contributed by atoms with Crippen LogP contribution >= 0.6 is 7.60 Å². The van der Waals surface area contributed by atoms with Crippen molar-refractivity contribution < 1.29 is 19.1 Å². The van der Waals surface area contributed by atoms with Crippen LogP contribution in [0, 0.1) is 0 Å². The second kappa shape index (κ2) is 6.24. The van der Waals surface area contributed by atoms with Crippen molar-refractivity contribution in [3.05, 3.63) is 41.7 Å². The Bertz CT molecular complexity index is 345. The number of hydrogen-bond acceptors (Lipinski definition) is 1. The van der Waals surface area contributed by atoms with Crippen molar-refractivity contribution in [2.24, 2.45) is 0 Å². The van der Waals surface area contributed by atoms with Gasteiger partial charge in [-0.2, -0.15) is 4.79 Å². The van der Waals surface area contributed by atoms with E-state index in [2.05, 4.69) is 4.79 Å². The van der Waals surface area contributed by atoms with Gasteiger partial charge in [0, 0.05) is 18.0 Å². The molecular formula is C8H11N2O3P. The second-order valence-electron chi connectivity index (χ2n) is 2.31. The molecule has 1 rings (SSSR count). The minimum absolute atomic E-state index is 0.611. The first-order valence-electron chi connectivity index (χ1n) is 3.75. The third-order valence-electron chi connectivity index (χ3n) is 1.10. The lowest BCUT2D eigenvalue weighted by molar-refractivity contribution is -0.00130. The molecule has 0 saturated heterocycles. The van der Waals surface area contributed by atoms with E-state index in [9.17, 15) is 4.57 Å². The Morgan fingerprint density at radius 2 is 1.93 bits per heavy atom. The molecule has 0 radical (unpaired) electrons. The van der Waals surface area contributed by atoms with Gasteiger partial charge in [-0.25, -0.2) is 0 Å². The molecule has 0 aliphatic heterocycles. The number of allylic oxidation sites excluding steroid dienone is 5. The molecular weight excluding hydrogens is 203 g/mol. The van der Waals surface area contributed by atoms with Gasteiger partial charge in [0.25, 0.3) is 0 Å². The summed E-state index contributed by atoms with van der Waals surface area (Å²) >= 11 is 0. The first kappa shape index (κ1) is 12.8. The highest BCUT2D eigenvalue weighted by atomic mass is 31.2. The first-order chi connectivity index (χ1) is 6.49. The smallest absolute Gasteiger partial charge is 0.348 e. The third-order valence-corrected chi connectivity index (χ3v) is 1.79. The monoisotopic (exact) mass is 214 g/mol. The minimum Gasteiger partial charge on any atom is -0.361 e. The molecule has 0 spiro atoms. The molecule has 1 aliphatic carbocycles. The summed E-state index contributed by atoms with van der Waals surface area (Å²) < 4.78 is 9.84. The fourth-order valence-electron chi connectivity index (χ4n) is 0.625. The highest BCUT2D eigenvalue weighted by molar-refractivity contribution is 7.55. The quantitative estimate of drug-likeness (QED) is 0.393. The van der Waals surface area contributed by atoms with Crippen molar-refractivity contribution in [3.63, 3.8) is 0 Å². The number of rotatable bonds is 1. The Morgan fingerprint density at radius 3 is 2.07 bits per heavy atom. The van der Waals surface area contributed by atoms with E-state index in [0.29, 0.717) is 5.71 Å². The fraction of sp³-hybridized carbons (Fsp3) is 0.125. The maximum absolute atomic E-state index is 9.84. The molecule has 0 aromatic carbocycles. The Hall–Kier alpha value is -1.25. The molecule has 0 saturated carbocycles. The minimum atomic E-state index is -3.85. The maximum atomic E-state index is 9.84. The average Bonchev–Trinajstić information content (AvgIpc) is 2.54. The Kier molecular flexibility index (Phi) is 5.68. The van der Waals surface area contributed by atoms with Crippen LogP contribution in [-0.2, 0) is 4.57 Å². The van der Waals surface area contributed by atoms with Gasteiger partial charge in [0.2, 0.25) is 0 Å². The Morgan fingerprint density at radius 1 is 1.43 bits per heavy atom.